The van der Waals surface area contributed by atoms with E-state index in [1.165, 1.54) is 12.8 Å². The molecule has 0 aliphatic heterocycles. The van der Waals surface area contributed by atoms with Crippen LogP contribution in [-0.2, 0) is 22.7 Å². The Balaban J connectivity index is 0.00000200. The van der Waals surface area contributed by atoms with Gasteiger partial charge in [0.05, 0.1) is 13.2 Å². The van der Waals surface area contributed by atoms with E-state index < -0.39 is 0 Å². The molecule has 5 heteroatoms. The van der Waals surface area contributed by atoms with Gasteiger partial charge in [0.1, 0.15) is 0 Å². The highest BCUT2D eigenvalue weighted by Gasteiger charge is 2.20. The first-order valence-electron chi connectivity index (χ1n) is 6.82. The zero-order valence-electron chi connectivity index (χ0n) is 11.9. The topological polar surface area (TPSA) is 50.4 Å². The Kier molecular flexibility index (Phi) is 7.59. The van der Waals surface area contributed by atoms with Crippen LogP contribution in [0.3, 0.4) is 0 Å². The molecule has 0 spiro atoms. The monoisotopic (exact) mass is 298 g/mol. The van der Waals surface area contributed by atoms with Crippen LogP contribution in [0, 0.1) is 5.92 Å². The second kappa shape index (κ2) is 8.95. The average Bonchev–Trinajstić information content (AvgIpc) is 3.22. The molecule has 1 fully saturated rings. The van der Waals surface area contributed by atoms with Gasteiger partial charge < -0.3 is 15.4 Å². The molecule has 0 atom stereocenters. The number of amides is 1. The van der Waals surface area contributed by atoms with Crippen LogP contribution in [0.4, 0.5) is 0 Å². The quantitative estimate of drug-likeness (QED) is 0.770. The van der Waals surface area contributed by atoms with Crippen molar-refractivity contribution >= 4 is 18.3 Å². The van der Waals surface area contributed by atoms with Crippen LogP contribution >= 0.6 is 12.4 Å². The van der Waals surface area contributed by atoms with Crippen LogP contribution in [0.2, 0.25) is 0 Å². The minimum Gasteiger partial charge on any atom is -0.380 e. The molecule has 1 aromatic rings. The van der Waals surface area contributed by atoms with Gasteiger partial charge in [-0.2, -0.15) is 0 Å². The molecule has 1 saturated carbocycles. The van der Waals surface area contributed by atoms with Crippen molar-refractivity contribution in [3.8, 4) is 0 Å². The van der Waals surface area contributed by atoms with Gasteiger partial charge in [-0.3, -0.25) is 4.79 Å². The largest absolute Gasteiger partial charge is 0.380 e. The molecule has 0 aromatic heterocycles. The van der Waals surface area contributed by atoms with Gasteiger partial charge in [-0.25, -0.2) is 0 Å². The van der Waals surface area contributed by atoms with Crippen molar-refractivity contribution in [2.75, 3.05) is 20.2 Å². The summed E-state index contributed by atoms with van der Waals surface area (Å²) in [4.78, 5) is 11.6. The molecular weight excluding hydrogens is 276 g/mol. The third-order valence-corrected chi connectivity index (χ3v) is 3.24. The molecule has 1 aliphatic rings. The lowest BCUT2D eigenvalue weighted by molar-refractivity contribution is -0.120. The standard InChI is InChI=1S/C15H22N2O2.ClH/c1-19-11-14-6-4-13(5-7-14)9-17-15(18)10-16-8-12-2-3-12;/h4-7,12,16H,2-3,8-11H2,1H3,(H,17,18);1H. The fourth-order valence-electron chi connectivity index (χ4n) is 1.89. The van der Waals surface area contributed by atoms with E-state index in [0.717, 1.165) is 23.6 Å². The molecule has 0 unspecified atom stereocenters. The zero-order chi connectivity index (χ0) is 13.5. The van der Waals surface area contributed by atoms with Crippen molar-refractivity contribution in [2.24, 2.45) is 5.92 Å². The first kappa shape index (κ1) is 17.0. The molecule has 0 heterocycles. The molecule has 2 N–H and O–H groups in total. The molecule has 2 rings (SSSR count). The van der Waals surface area contributed by atoms with Crippen molar-refractivity contribution in [2.45, 2.75) is 26.0 Å². The van der Waals surface area contributed by atoms with Gasteiger partial charge in [0, 0.05) is 13.7 Å². The van der Waals surface area contributed by atoms with Gasteiger partial charge in [0.15, 0.2) is 0 Å². The van der Waals surface area contributed by atoms with Crippen LogP contribution in [0.1, 0.15) is 24.0 Å². The molecule has 0 radical (unpaired) electrons. The number of ether oxygens (including phenoxy) is 1. The number of methoxy groups -OCH3 is 1. The fraction of sp³-hybridized carbons (Fsp3) is 0.533. The molecule has 112 valence electrons. The number of carbonyl (C=O) groups excluding carboxylic acids is 1. The van der Waals surface area contributed by atoms with Crippen molar-refractivity contribution < 1.29 is 9.53 Å². The van der Waals surface area contributed by atoms with Crippen molar-refractivity contribution in [1.82, 2.24) is 10.6 Å². The summed E-state index contributed by atoms with van der Waals surface area (Å²) >= 11 is 0. The summed E-state index contributed by atoms with van der Waals surface area (Å²) in [7, 11) is 1.68. The SMILES string of the molecule is COCc1ccc(CNC(=O)CNCC2CC2)cc1.Cl. The number of halogens is 1. The molecule has 1 amide bonds. The van der Waals surface area contributed by atoms with Crippen molar-refractivity contribution in [1.29, 1.82) is 0 Å². The van der Waals surface area contributed by atoms with Crippen LogP contribution in [-0.4, -0.2) is 26.1 Å². The minimum absolute atomic E-state index is 0. The van der Waals surface area contributed by atoms with Crippen LogP contribution < -0.4 is 10.6 Å². The summed E-state index contributed by atoms with van der Waals surface area (Å²) < 4.78 is 5.06. The lowest BCUT2D eigenvalue weighted by Crippen LogP contribution is -2.34. The molecule has 1 aliphatic carbocycles. The average molecular weight is 299 g/mol. The second-order valence-electron chi connectivity index (χ2n) is 5.10. The summed E-state index contributed by atoms with van der Waals surface area (Å²) in [6, 6.07) is 8.09. The van der Waals surface area contributed by atoms with E-state index in [1.54, 1.807) is 7.11 Å². The van der Waals surface area contributed by atoms with E-state index in [4.69, 9.17) is 4.74 Å². The smallest absolute Gasteiger partial charge is 0.234 e. The van der Waals surface area contributed by atoms with E-state index in [2.05, 4.69) is 10.6 Å². The van der Waals surface area contributed by atoms with E-state index in [1.807, 2.05) is 24.3 Å². The van der Waals surface area contributed by atoms with E-state index in [0.29, 0.717) is 19.7 Å². The fourth-order valence-corrected chi connectivity index (χ4v) is 1.89. The highest BCUT2D eigenvalue weighted by Crippen LogP contribution is 2.27. The van der Waals surface area contributed by atoms with Gasteiger partial charge in [-0.15, -0.1) is 12.4 Å². The number of carbonyl (C=O) groups is 1. The number of hydrogen-bond donors (Lipinski definition) is 2. The first-order valence-corrected chi connectivity index (χ1v) is 6.82. The lowest BCUT2D eigenvalue weighted by atomic mass is 10.1. The van der Waals surface area contributed by atoms with E-state index in [-0.39, 0.29) is 18.3 Å². The third kappa shape index (κ3) is 6.37. The third-order valence-electron chi connectivity index (χ3n) is 3.24. The zero-order valence-corrected chi connectivity index (χ0v) is 12.7. The van der Waals surface area contributed by atoms with Gasteiger partial charge in [0.25, 0.3) is 0 Å². The Hall–Kier alpha value is -1.10. The maximum atomic E-state index is 11.6. The molecule has 0 bridgehead atoms. The lowest BCUT2D eigenvalue weighted by Gasteiger charge is -2.07. The Bertz CT molecular complexity index is 405. The van der Waals surface area contributed by atoms with Crippen molar-refractivity contribution in [3.05, 3.63) is 35.4 Å². The molecule has 4 nitrogen and oxygen atoms in total. The number of nitrogens with one attached hydrogen (secondary N) is 2. The Labute approximate surface area is 126 Å². The van der Waals surface area contributed by atoms with Gasteiger partial charge >= 0.3 is 0 Å². The van der Waals surface area contributed by atoms with Gasteiger partial charge in [-0.1, -0.05) is 24.3 Å². The molecular formula is C15H23ClN2O2. The summed E-state index contributed by atoms with van der Waals surface area (Å²) in [5, 5.41) is 6.09. The maximum Gasteiger partial charge on any atom is 0.234 e. The van der Waals surface area contributed by atoms with Crippen LogP contribution in [0.25, 0.3) is 0 Å². The predicted molar refractivity (Wildman–Crippen MR) is 81.8 cm³/mol. The van der Waals surface area contributed by atoms with Crippen LogP contribution in [0.15, 0.2) is 24.3 Å². The number of hydrogen-bond acceptors (Lipinski definition) is 3. The predicted octanol–water partition coefficient (Wildman–Crippen LogP) is 1.87. The normalized spacial score (nSPS) is 13.7. The maximum absolute atomic E-state index is 11.6. The summed E-state index contributed by atoms with van der Waals surface area (Å²) in [5.41, 5.74) is 2.25. The number of benzene rings is 1. The first-order chi connectivity index (χ1) is 9.28. The van der Waals surface area contributed by atoms with Crippen molar-refractivity contribution in [3.63, 3.8) is 0 Å². The van der Waals surface area contributed by atoms with Gasteiger partial charge in [0.2, 0.25) is 5.91 Å². The molecule has 20 heavy (non-hydrogen) atoms. The van der Waals surface area contributed by atoms with E-state index >= 15 is 0 Å². The molecule has 1 aromatic carbocycles. The highest BCUT2D eigenvalue weighted by molar-refractivity contribution is 5.85. The Morgan fingerprint density at radius 2 is 1.90 bits per heavy atom. The molecule has 0 saturated heterocycles. The second-order valence-corrected chi connectivity index (χ2v) is 5.10. The highest BCUT2D eigenvalue weighted by atomic mass is 35.5. The van der Waals surface area contributed by atoms with Crippen LogP contribution in [0.5, 0.6) is 0 Å². The number of rotatable bonds is 8. The minimum atomic E-state index is 0. The summed E-state index contributed by atoms with van der Waals surface area (Å²) in [5.74, 6) is 0.864. The summed E-state index contributed by atoms with van der Waals surface area (Å²) in [6.45, 7) is 2.59. The Morgan fingerprint density at radius 1 is 1.25 bits per heavy atom. The van der Waals surface area contributed by atoms with Gasteiger partial charge in [-0.05, 0) is 36.4 Å². The summed E-state index contributed by atoms with van der Waals surface area (Å²) in [6.07, 6.45) is 2.62. The van der Waals surface area contributed by atoms with E-state index in [9.17, 15) is 4.79 Å². The Morgan fingerprint density at radius 3 is 2.50 bits per heavy atom.